The average molecular weight is 261 g/mol. The van der Waals surface area contributed by atoms with Gasteiger partial charge in [0, 0.05) is 0 Å². The normalized spacial score (nSPS) is 30.9. The Morgan fingerprint density at radius 2 is 2.11 bits per heavy atom. The van der Waals surface area contributed by atoms with Crippen molar-refractivity contribution in [3.05, 3.63) is 36.4 Å². The number of phenols is 1. The van der Waals surface area contributed by atoms with E-state index in [1.165, 1.54) is 0 Å². The van der Waals surface area contributed by atoms with Gasteiger partial charge in [0.25, 0.3) is 0 Å². The summed E-state index contributed by atoms with van der Waals surface area (Å²) in [5.74, 6) is 0.618. The fraction of sp³-hybridized carbons (Fsp3) is 0.500. The van der Waals surface area contributed by atoms with Crippen LogP contribution in [-0.4, -0.2) is 21.9 Å². The first kappa shape index (κ1) is 13.9. The van der Waals surface area contributed by atoms with Gasteiger partial charge in [0.2, 0.25) is 0 Å². The maximum Gasteiger partial charge on any atom is 0.138 e. The zero-order valence-electron chi connectivity index (χ0n) is 11.7. The van der Waals surface area contributed by atoms with Crippen LogP contribution >= 0.6 is 0 Å². The quantitative estimate of drug-likeness (QED) is 0.578. The van der Waals surface area contributed by atoms with Crippen molar-refractivity contribution in [2.75, 3.05) is 5.32 Å². The lowest BCUT2D eigenvalue weighted by atomic mass is 9.73. The summed E-state index contributed by atoms with van der Waals surface area (Å²) < 4.78 is 0. The van der Waals surface area contributed by atoms with Gasteiger partial charge in [-0.05, 0) is 51.2 Å². The highest BCUT2D eigenvalue weighted by molar-refractivity contribution is 5.57. The lowest BCUT2D eigenvalue weighted by Crippen LogP contribution is -2.50. The van der Waals surface area contributed by atoms with Crippen molar-refractivity contribution >= 4 is 5.69 Å². The van der Waals surface area contributed by atoms with Gasteiger partial charge >= 0.3 is 0 Å². The molecule has 3 atom stereocenters. The second-order valence-electron chi connectivity index (χ2n) is 5.89. The summed E-state index contributed by atoms with van der Waals surface area (Å²) in [4.78, 5) is 0. The van der Waals surface area contributed by atoms with E-state index in [0.29, 0.717) is 11.6 Å². The van der Waals surface area contributed by atoms with E-state index >= 15 is 0 Å². The standard InChI is InChI=1S/C16H23NO2/c1-11(2)12-8-9-16(3,15(19)10-12)17-13-6-4-5-7-14(13)18/h4-7,12,15,17-19H,1,8-10H2,2-3H3/t12-,15?,16?/m1/s1. The van der Waals surface area contributed by atoms with E-state index < -0.39 is 11.6 Å². The molecule has 1 aliphatic carbocycles. The Bertz CT molecular complexity index is 472. The molecular formula is C16H23NO2. The number of aliphatic hydroxyl groups excluding tert-OH is 1. The maximum absolute atomic E-state index is 10.4. The number of rotatable bonds is 3. The van der Waals surface area contributed by atoms with Crippen LogP contribution in [0, 0.1) is 5.92 Å². The lowest BCUT2D eigenvalue weighted by Gasteiger charge is -2.43. The Morgan fingerprint density at radius 3 is 2.68 bits per heavy atom. The number of benzene rings is 1. The lowest BCUT2D eigenvalue weighted by molar-refractivity contribution is 0.0512. The Morgan fingerprint density at radius 1 is 1.42 bits per heavy atom. The van der Waals surface area contributed by atoms with E-state index in [1.54, 1.807) is 12.1 Å². The van der Waals surface area contributed by atoms with Crippen LogP contribution in [0.1, 0.15) is 33.1 Å². The molecule has 0 aromatic heterocycles. The molecule has 0 radical (unpaired) electrons. The minimum absolute atomic E-state index is 0.220. The summed E-state index contributed by atoms with van der Waals surface area (Å²) in [5, 5.41) is 23.5. The van der Waals surface area contributed by atoms with Gasteiger partial charge in [-0.15, -0.1) is 0 Å². The number of nitrogens with one attached hydrogen (secondary N) is 1. The van der Waals surface area contributed by atoms with Gasteiger partial charge in [0.05, 0.1) is 17.3 Å². The first-order valence-electron chi connectivity index (χ1n) is 6.82. The monoisotopic (exact) mass is 261 g/mol. The van der Waals surface area contributed by atoms with E-state index in [4.69, 9.17) is 0 Å². The third kappa shape index (κ3) is 2.92. The fourth-order valence-corrected chi connectivity index (χ4v) is 2.77. The van der Waals surface area contributed by atoms with Gasteiger partial charge in [-0.2, -0.15) is 0 Å². The number of para-hydroxylation sites is 2. The molecule has 0 aliphatic heterocycles. The number of aliphatic hydroxyl groups is 1. The molecule has 0 heterocycles. The maximum atomic E-state index is 10.4. The molecule has 104 valence electrons. The van der Waals surface area contributed by atoms with Gasteiger partial charge in [0.1, 0.15) is 5.75 Å². The highest BCUT2D eigenvalue weighted by Gasteiger charge is 2.39. The first-order chi connectivity index (χ1) is 8.92. The fourth-order valence-electron chi connectivity index (χ4n) is 2.77. The zero-order valence-corrected chi connectivity index (χ0v) is 11.7. The Balaban J connectivity index is 2.12. The molecule has 2 rings (SSSR count). The predicted octanol–water partition coefficient (Wildman–Crippen LogP) is 3.30. The van der Waals surface area contributed by atoms with E-state index in [0.717, 1.165) is 24.8 Å². The van der Waals surface area contributed by atoms with E-state index in [2.05, 4.69) is 11.9 Å². The van der Waals surface area contributed by atoms with Gasteiger partial charge < -0.3 is 15.5 Å². The van der Waals surface area contributed by atoms with Gasteiger partial charge in [-0.1, -0.05) is 24.3 Å². The van der Waals surface area contributed by atoms with Gasteiger partial charge in [-0.25, -0.2) is 0 Å². The van der Waals surface area contributed by atoms with Crippen molar-refractivity contribution in [1.29, 1.82) is 0 Å². The van der Waals surface area contributed by atoms with Crippen LogP contribution in [0.25, 0.3) is 0 Å². The summed E-state index contributed by atoms with van der Waals surface area (Å²) in [6.45, 7) is 8.02. The highest BCUT2D eigenvalue weighted by atomic mass is 16.3. The molecule has 19 heavy (non-hydrogen) atoms. The Labute approximate surface area is 115 Å². The predicted molar refractivity (Wildman–Crippen MR) is 78.3 cm³/mol. The van der Waals surface area contributed by atoms with Crippen molar-refractivity contribution < 1.29 is 10.2 Å². The largest absolute Gasteiger partial charge is 0.506 e. The molecule has 1 aromatic carbocycles. The summed E-state index contributed by atoms with van der Waals surface area (Å²) in [5.41, 5.74) is 1.42. The van der Waals surface area contributed by atoms with Crippen LogP contribution in [0.5, 0.6) is 5.75 Å². The number of phenolic OH excluding ortho intramolecular Hbond substituents is 1. The second kappa shape index (κ2) is 5.25. The number of anilines is 1. The van der Waals surface area contributed by atoms with Crippen LogP contribution in [0.15, 0.2) is 36.4 Å². The number of allylic oxidation sites excluding steroid dienone is 1. The smallest absolute Gasteiger partial charge is 0.138 e. The molecule has 1 fully saturated rings. The third-order valence-electron chi connectivity index (χ3n) is 4.28. The molecule has 3 N–H and O–H groups in total. The minimum Gasteiger partial charge on any atom is -0.506 e. The van der Waals surface area contributed by atoms with Crippen molar-refractivity contribution in [2.24, 2.45) is 5.92 Å². The summed E-state index contributed by atoms with van der Waals surface area (Å²) >= 11 is 0. The summed E-state index contributed by atoms with van der Waals surface area (Å²) in [6.07, 6.45) is 2.17. The average Bonchev–Trinajstić information content (AvgIpc) is 2.35. The SMILES string of the molecule is C=C(C)[C@@H]1CCC(C)(Nc2ccccc2O)C(O)C1. The molecule has 1 aliphatic rings. The van der Waals surface area contributed by atoms with E-state index in [-0.39, 0.29) is 5.75 Å². The van der Waals surface area contributed by atoms with Crippen molar-refractivity contribution in [1.82, 2.24) is 0 Å². The number of hydrogen-bond donors (Lipinski definition) is 3. The van der Waals surface area contributed by atoms with Crippen LogP contribution in [0.4, 0.5) is 5.69 Å². The minimum atomic E-state index is -0.442. The molecule has 0 bridgehead atoms. The summed E-state index contributed by atoms with van der Waals surface area (Å²) in [7, 11) is 0. The Hall–Kier alpha value is -1.48. The van der Waals surface area contributed by atoms with Crippen LogP contribution in [0.2, 0.25) is 0 Å². The van der Waals surface area contributed by atoms with Crippen molar-refractivity contribution in [3.8, 4) is 5.75 Å². The molecule has 1 saturated carbocycles. The van der Waals surface area contributed by atoms with E-state index in [1.807, 2.05) is 26.0 Å². The van der Waals surface area contributed by atoms with Crippen LogP contribution in [0.3, 0.4) is 0 Å². The first-order valence-corrected chi connectivity index (χ1v) is 6.82. The van der Waals surface area contributed by atoms with Crippen LogP contribution < -0.4 is 5.32 Å². The van der Waals surface area contributed by atoms with Gasteiger partial charge in [-0.3, -0.25) is 0 Å². The molecule has 2 unspecified atom stereocenters. The number of hydrogen-bond acceptors (Lipinski definition) is 3. The van der Waals surface area contributed by atoms with Crippen molar-refractivity contribution in [3.63, 3.8) is 0 Å². The zero-order chi connectivity index (χ0) is 14.0. The topological polar surface area (TPSA) is 52.5 Å². The number of aromatic hydroxyl groups is 1. The molecule has 0 amide bonds. The van der Waals surface area contributed by atoms with Crippen molar-refractivity contribution in [2.45, 2.75) is 44.8 Å². The second-order valence-corrected chi connectivity index (χ2v) is 5.89. The molecule has 1 aromatic rings. The van der Waals surface area contributed by atoms with Gasteiger partial charge in [0.15, 0.2) is 0 Å². The molecular weight excluding hydrogens is 238 g/mol. The third-order valence-corrected chi connectivity index (χ3v) is 4.28. The molecule has 0 saturated heterocycles. The molecule has 0 spiro atoms. The molecule has 3 nitrogen and oxygen atoms in total. The molecule has 3 heteroatoms. The van der Waals surface area contributed by atoms with E-state index in [9.17, 15) is 10.2 Å². The Kier molecular flexibility index (Phi) is 3.85. The summed E-state index contributed by atoms with van der Waals surface area (Å²) in [6, 6.07) is 7.14. The van der Waals surface area contributed by atoms with Crippen LogP contribution in [-0.2, 0) is 0 Å². The highest BCUT2D eigenvalue weighted by Crippen LogP contribution is 2.38.